The minimum atomic E-state index is -0.0331. The minimum Gasteiger partial charge on any atom is -0.508 e. The zero-order valence-corrected chi connectivity index (χ0v) is 9.88. The second-order valence-electron chi connectivity index (χ2n) is 4.35. The third-order valence-corrected chi connectivity index (χ3v) is 3.18. The second kappa shape index (κ2) is 6.00. The lowest BCUT2D eigenvalue weighted by atomic mass is 9.98. The van der Waals surface area contributed by atoms with E-state index in [2.05, 4.69) is 4.90 Å². The topological polar surface area (TPSA) is 52.9 Å². The van der Waals surface area contributed by atoms with Crippen LogP contribution in [0.2, 0.25) is 0 Å². The molecule has 1 fully saturated rings. The summed E-state index contributed by atoms with van der Waals surface area (Å²) in [6, 6.07) is 7.22. The van der Waals surface area contributed by atoms with Crippen LogP contribution in [0.5, 0.6) is 5.75 Å². The lowest BCUT2D eigenvalue weighted by Crippen LogP contribution is -2.39. The normalized spacial score (nSPS) is 19.1. The van der Waals surface area contributed by atoms with Gasteiger partial charge in [0.25, 0.3) is 0 Å². The Morgan fingerprint density at radius 1 is 1.24 bits per heavy atom. The smallest absolute Gasteiger partial charge is 0.119 e. The van der Waals surface area contributed by atoms with Crippen molar-refractivity contribution in [2.75, 3.05) is 39.5 Å². The molecule has 4 nitrogen and oxygen atoms in total. The molecule has 1 aliphatic rings. The first kappa shape index (κ1) is 12.4. The molecule has 2 N–H and O–H groups in total. The van der Waals surface area contributed by atoms with Gasteiger partial charge in [-0.25, -0.2) is 0 Å². The molecule has 1 aromatic rings. The van der Waals surface area contributed by atoms with E-state index in [4.69, 9.17) is 4.74 Å². The Bertz CT molecular complexity index is 350. The van der Waals surface area contributed by atoms with Gasteiger partial charge in [0, 0.05) is 31.1 Å². The van der Waals surface area contributed by atoms with E-state index in [1.54, 1.807) is 12.1 Å². The van der Waals surface area contributed by atoms with E-state index in [1.807, 2.05) is 12.1 Å². The Balaban J connectivity index is 2.03. The molecule has 1 saturated heterocycles. The van der Waals surface area contributed by atoms with Gasteiger partial charge in [-0.1, -0.05) is 18.2 Å². The molecular weight excluding hydrogens is 218 g/mol. The standard InChI is InChI=1S/C13H19NO3/c15-10-11(9-14-5-7-17-8-6-14)12-3-1-2-4-13(12)16/h1-4,11,15-16H,5-10H2. The fourth-order valence-corrected chi connectivity index (χ4v) is 2.18. The van der Waals surface area contributed by atoms with Crippen molar-refractivity contribution in [1.29, 1.82) is 0 Å². The van der Waals surface area contributed by atoms with Crippen molar-refractivity contribution < 1.29 is 14.9 Å². The molecule has 1 aliphatic heterocycles. The number of aromatic hydroxyl groups is 1. The van der Waals surface area contributed by atoms with Crippen molar-refractivity contribution in [2.24, 2.45) is 0 Å². The van der Waals surface area contributed by atoms with E-state index in [0.717, 1.165) is 38.4 Å². The Morgan fingerprint density at radius 3 is 2.59 bits per heavy atom. The summed E-state index contributed by atoms with van der Waals surface area (Å²) in [7, 11) is 0. The highest BCUT2D eigenvalue weighted by Gasteiger charge is 2.19. The molecule has 0 bridgehead atoms. The number of benzene rings is 1. The first-order valence-corrected chi connectivity index (χ1v) is 6.00. The lowest BCUT2D eigenvalue weighted by molar-refractivity contribution is 0.0318. The summed E-state index contributed by atoms with van der Waals surface area (Å²) < 4.78 is 5.29. The highest BCUT2D eigenvalue weighted by atomic mass is 16.5. The first-order chi connectivity index (χ1) is 8.31. The van der Waals surface area contributed by atoms with Crippen molar-refractivity contribution in [1.82, 2.24) is 4.90 Å². The monoisotopic (exact) mass is 237 g/mol. The quantitative estimate of drug-likeness (QED) is 0.813. The zero-order chi connectivity index (χ0) is 12.1. The van der Waals surface area contributed by atoms with Gasteiger partial charge in [-0.05, 0) is 6.07 Å². The van der Waals surface area contributed by atoms with E-state index < -0.39 is 0 Å². The number of phenolic OH excluding ortho intramolecular Hbond substituents is 1. The van der Waals surface area contributed by atoms with Gasteiger partial charge in [-0.3, -0.25) is 4.90 Å². The van der Waals surface area contributed by atoms with Crippen molar-refractivity contribution >= 4 is 0 Å². The van der Waals surface area contributed by atoms with Gasteiger partial charge in [0.05, 0.1) is 19.8 Å². The molecule has 2 rings (SSSR count). The van der Waals surface area contributed by atoms with Crippen molar-refractivity contribution in [2.45, 2.75) is 5.92 Å². The largest absolute Gasteiger partial charge is 0.508 e. The SMILES string of the molecule is OCC(CN1CCOCC1)c1ccccc1O. The fraction of sp³-hybridized carbons (Fsp3) is 0.538. The molecule has 0 saturated carbocycles. The number of phenols is 1. The summed E-state index contributed by atoms with van der Waals surface area (Å²) in [4.78, 5) is 2.26. The molecule has 0 amide bonds. The van der Waals surface area contributed by atoms with Gasteiger partial charge in [0.15, 0.2) is 0 Å². The van der Waals surface area contributed by atoms with Crippen LogP contribution in [-0.2, 0) is 4.74 Å². The molecule has 0 aromatic heterocycles. The maximum Gasteiger partial charge on any atom is 0.119 e. The number of hydrogen-bond donors (Lipinski definition) is 2. The van der Waals surface area contributed by atoms with Gasteiger partial charge in [0.2, 0.25) is 0 Å². The Hall–Kier alpha value is -1.10. The number of hydrogen-bond acceptors (Lipinski definition) is 4. The highest BCUT2D eigenvalue weighted by Crippen LogP contribution is 2.26. The van der Waals surface area contributed by atoms with Crippen LogP contribution < -0.4 is 0 Å². The number of morpholine rings is 1. The van der Waals surface area contributed by atoms with E-state index in [1.165, 1.54) is 0 Å². The molecule has 1 atom stereocenters. The van der Waals surface area contributed by atoms with Gasteiger partial charge >= 0.3 is 0 Å². The Morgan fingerprint density at radius 2 is 1.94 bits per heavy atom. The molecule has 1 aromatic carbocycles. The van der Waals surface area contributed by atoms with Gasteiger partial charge in [-0.2, -0.15) is 0 Å². The number of nitrogens with zero attached hydrogens (tertiary/aromatic N) is 1. The second-order valence-corrected chi connectivity index (χ2v) is 4.35. The van der Waals surface area contributed by atoms with Gasteiger partial charge in [0.1, 0.15) is 5.75 Å². The Labute approximate surface area is 101 Å². The van der Waals surface area contributed by atoms with E-state index in [9.17, 15) is 10.2 Å². The average molecular weight is 237 g/mol. The number of aliphatic hydroxyl groups is 1. The average Bonchev–Trinajstić information content (AvgIpc) is 2.38. The predicted molar refractivity (Wildman–Crippen MR) is 65.2 cm³/mol. The molecule has 1 unspecified atom stereocenters. The summed E-state index contributed by atoms with van der Waals surface area (Å²) in [6.07, 6.45) is 0. The molecule has 0 spiro atoms. The molecular formula is C13H19NO3. The van der Waals surface area contributed by atoms with Crippen molar-refractivity contribution in [3.63, 3.8) is 0 Å². The fourth-order valence-electron chi connectivity index (χ4n) is 2.18. The number of ether oxygens (including phenoxy) is 1. The van der Waals surface area contributed by atoms with Crippen LogP contribution in [0.3, 0.4) is 0 Å². The minimum absolute atomic E-state index is 0.0331. The number of para-hydroxylation sites is 1. The van der Waals surface area contributed by atoms with E-state index in [-0.39, 0.29) is 18.3 Å². The highest BCUT2D eigenvalue weighted by molar-refractivity contribution is 5.35. The lowest BCUT2D eigenvalue weighted by Gasteiger charge is -2.30. The number of aliphatic hydroxyl groups excluding tert-OH is 1. The Kier molecular flexibility index (Phi) is 4.36. The van der Waals surface area contributed by atoms with Crippen LogP contribution in [0.15, 0.2) is 24.3 Å². The van der Waals surface area contributed by atoms with E-state index >= 15 is 0 Å². The van der Waals surface area contributed by atoms with Crippen LogP contribution >= 0.6 is 0 Å². The number of rotatable bonds is 4. The van der Waals surface area contributed by atoms with Crippen molar-refractivity contribution in [3.05, 3.63) is 29.8 Å². The maximum atomic E-state index is 9.79. The molecule has 1 heterocycles. The van der Waals surface area contributed by atoms with Crippen LogP contribution in [0, 0.1) is 0 Å². The summed E-state index contributed by atoms with van der Waals surface area (Å²) >= 11 is 0. The van der Waals surface area contributed by atoms with Gasteiger partial charge in [-0.15, -0.1) is 0 Å². The third kappa shape index (κ3) is 3.19. The molecule has 4 heteroatoms. The molecule has 17 heavy (non-hydrogen) atoms. The predicted octanol–water partition coefficient (Wildman–Crippen LogP) is 0.800. The summed E-state index contributed by atoms with van der Waals surface area (Å²) in [5.41, 5.74) is 0.821. The van der Waals surface area contributed by atoms with E-state index in [0.29, 0.717) is 0 Å². The molecule has 0 radical (unpaired) electrons. The van der Waals surface area contributed by atoms with Crippen molar-refractivity contribution in [3.8, 4) is 5.75 Å². The van der Waals surface area contributed by atoms with Crippen LogP contribution in [0.25, 0.3) is 0 Å². The summed E-state index contributed by atoms with van der Waals surface area (Å²) in [5, 5.41) is 19.3. The molecule has 0 aliphatic carbocycles. The van der Waals surface area contributed by atoms with Crippen LogP contribution in [0.1, 0.15) is 11.5 Å². The summed E-state index contributed by atoms with van der Waals surface area (Å²) in [5.74, 6) is 0.231. The maximum absolute atomic E-state index is 9.79. The first-order valence-electron chi connectivity index (χ1n) is 6.00. The molecule has 94 valence electrons. The van der Waals surface area contributed by atoms with Gasteiger partial charge < -0.3 is 14.9 Å². The zero-order valence-electron chi connectivity index (χ0n) is 9.88. The van der Waals surface area contributed by atoms with Crippen LogP contribution in [0.4, 0.5) is 0 Å². The van der Waals surface area contributed by atoms with Crippen LogP contribution in [-0.4, -0.2) is 54.6 Å². The summed E-state index contributed by atoms with van der Waals surface area (Å²) in [6.45, 7) is 4.10. The third-order valence-electron chi connectivity index (χ3n) is 3.18.